The Morgan fingerprint density at radius 3 is 2.04 bits per heavy atom. The maximum Gasteiger partial charge on any atom is 0.410 e. The second-order valence-corrected chi connectivity index (χ2v) is 13.4. The summed E-state index contributed by atoms with van der Waals surface area (Å²) in [6.45, 7) is 16.0. The Balaban J connectivity index is 1.78. The summed E-state index contributed by atoms with van der Waals surface area (Å²) in [5.74, 6) is -2.78. The van der Waals surface area contributed by atoms with Crippen LogP contribution in [0.15, 0.2) is 47.3 Å². The normalized spacial score (nSPS) is 15.7. The van der Waals surface area contributed by atoms with Crippen LogP contribution in [0.25, 0.3) is 28.0 Å². The van der Waals surface area contributed by atoms with Crippen molar-refractivity contribution in [2.24, 2.45) is 0 Å². The second-order valence-electron chi connectivity index (χ2n) is 13.4. The molecular formula is C35H40F3N5O3. The van der Waals surface area contributed by atoms with Gasteiger partial charge in [0.1, 0.15) is 28.7 Å². The third kappa shape index (κ3) is 6.19. The first-order chi connectivity index (χ1) is 21.6. The molecule has 0 unspecified atom stereocenters. The van der Waals surface area contributed by atoms with Crippen molar-refractivity contribution >= 4 is 22.9 Å². The number of amides is 1. The van der Waals surface area contributed by atoms with Crippen molar-refractivity contribution < 1.29 is 22.7 Å². The molecule has 1 fully saturated rings. The lowest BCUT2D eigenvalue weighted by Crippen LogP contribution is -2.55. The molecule has 0 N–H and O–H groups in total. The van der Waals surface area contributed by atoms with E-state index in [1.54, 1.807) is 25.7 Å². The van der Waals surface area contributed by atoms with E-state index in [0.29, 0.717) is 5.69 Å². The first-order valence-electron chi connectivity index (χ1n) is 15.5. The Labute approximate surface area is 266 Å². The zero-order valence-electron chi connectivity index (χ0n) is 27.5. The zero-order chi connectivity index (χ0) is 33.7. The van der Waals surface area contributed by atoms with Crippen LogP contribution in [0.5, 0.6) is 0 Å². The molecule has 1 aliphatic heterocycles. The lowest BCUT2D eigenvalue weighted by Gasteiger charge is -2.41. The van der Waals surface area contributed by atoms with Crippen molar-refractivity contribution in [3.05, 3.63) is 81.5 Å². The number of ether oxygens (including phenoxy) is 1. The van der Waals surface area contributed by atoms with E-state index in [2.05, 4.69) is 9.97 Å². The van der Waals surface area contributed by atoms with E-state index in [1.165, 1.54) is 10.6 Å². The van der Waals surface area contributed by atoms with Gasteiger partial charge < -0.3 is 14.5 Å². The van der Waals surface area contributed by atoms with Crippen LogP contribution in [0.4, 0.5) is 23.8 Å². The average molecular weight is 636 g/mol. The zero-order valence-corrected chi connectivity index (χ0v) is 27.5. The largest absolute Gasteiger partial charge is 0.444 e. The van der Waals surface area contributed by atoms with E-state index >= 15 is 13.2 Å². The maximum atomic E-state index is 16.0. The molecule has 8 nitrogen and oxygen atoms in total. The summed E-state index contributed by atoms with van der Waals surface area (Å²) in [5.41, 5.74) is -0.252. The van der Waals surface area contributed by atoms with Crippen LogP contribution in [-0.4, -0.2) is 56.8 Å². The summed E-state index contributed by atoms with van der Waals surface area (Å²) in [6, 6.07) is 9.81. The molecule has 11 heteroatoms. The standard InChI is InChI=1S/C35H40F3N5O3/c1-19(2)22-11-9-12-23(20(3)4)30(22)43-32-24(17-27(38)29(39-32)28-25(36)13-10-14-26(28)37)31(40-33(43)44)42-16-15-41(18-21(42)5)34(45)46-35(6,7)8/h9-14,17,19-21H,15-16,18H2,1-8H3/t21-/m0/s1. The number of hydrogen-bond acceptors (Lipinski definition) is 6. The van der Waals surface area contributed by atoms with E-state index in [1.807, 2.05) is 57.7 Å². The van der Waals surface area contributed by atoms with Gasteiger partial charge in [-0.25, -0.2) is 32.3 Å². The van der Waals surface area contributed by atoms with E-state index in [9.17, 15) is 9.59 Å². The number of aromatic nitrogens is 3. The second kappa shape index (κ2) is 12.4. The Morgan fingerprint density at radius 1 is 0.913 bits per heavy atom. The summed E-state index contributed by atoms with van der Waals surface area (Å²) in [7, 11) is 0. The van der Waals surface area contributed by atoms with Crippen molar-refractivity contribution in [3.8, 4) is 16.9 Å². The van der Waals surface area contributed by atoms with Crippen LogP contribution in [0.2, 0.25) is 0 Å². The molecule has 2 aromatic carbocycles. The quantitative estimate of drug-likeness (QED) is 0.225. The van der Waals surface area contributed by atoms with Gasteiger partial charge in [0.15, 0.2) is 11.5 Å². The van der Waals surface area contributed by atoms with Crippen molar-refractivity contribution in [1.29, 1.82) is 0 Å². The molecule has 244 valence electrons. The Bertz CT molecular complexity index is 1820. The van der Waals surface area contributed by atoms with Gasteiger partial charge in [-0.3, -0.25) is 0 Å². The number of nitrogens with zero attached hydrogens (tertiary/aromatic N) is 5. The monoisotopic (exact) mass is 635 g/mol. The van der Waals surface area contributed by atoms with Gasteiger partial charge in [0.25, 0.3) is 0 Å². The number of carbonyl (C=O) groups is 1. The highest BCUT2D eigenvalue weighted by Crippen LogP contribution is 2.36. The maximum absolute atomic E-state index is 16.0. The summed E-state index contributed by atoms with van der Waals surface area (Å²) >= 11 is 0. The molecular weight excluding hydrogens is 595 g/mol. The molecule has 0 radical (unpaired) electrons. The summed E-state index contributed by atoms with van der Waals surface area (Å²) in [4.78, 5) is 39.5. The van der Waals surface area contributed by atoms with Gasteiger partial charge in [-0.1, -0.05) is 52.0 Å². The highest BCUT2D eigenvalue weighted by Gasteiger charge is 2.33. The topological polar surface area (TPSA) is 80.6 Å². The molecule has 0 aliphatic carbocycles. The molecule has 0 spiro atoms. The fraction of sp³-hybridized carbons (Fsp3) is 0.429. The minimum atomic E-state index is -0.980. The van der Waals surface area contributed by atoms with Gasteiger partial charge in [0.05, 0.1) is 16.6 Å². The van der Waals surface area contributed by atoms with Crippen molar-refractivity contribution in [2.75, 3.05) is 24.5 Å². The first-order valence-corrected chi connectivity index (χ1v) is 15.5. The highest BCUT2D eigenvalue weighted by atomic mass is 19.1. The molecule has 0 saturated carbocycles. The fourth-order valence-corrected chi connectivity index (χ4v) is 5.96. The first kappa shape index (κ1) is 33.0. The predicted octanol–water partition coefficient (Wildman–Crippen LogP) is 7.56. The van der Waals surface area contributed by atoms with Gasteiger partial charge in [0.2, 0.25) is 0 Å². The number of halogens is 3. The molecule has 1 saturated heterocycles. The molecule has 0 bridgehead atoms. The third-order valence-corrected chi connectivity index (χ3v) is 8.12. The van der Waals surface area contributed by atoms with Gasteiger partial charge in [-0.15, -0.1) is 0 Å². The van der Waals surface area contributed by atoms with Gasteiger partial charge in [-0.05, 0) is 68.9 Å². The minimum absolute atomic E-state index is 0.0137. The van der Waals surface area contributed by atoms with Crippen molar-refractivity contribution in [2.45, 2.75) is 78.9 Å². The fourth-order valence-electron chi connectivity index (χ4n) is 5.96. The van der Waals surface area contributed by atoms with Crippen LogP contribution in [0.3, 0.4) is 0 Å². The lowest BCUT2D eigenvalue weighted by molar-refractivity contribution is 0.0218. The van der Waals surface area contributed by atoms with Crippen molar-refractivity contribution in [3.63, 3.8) is 0 Å². The molecule has 3 heterocycles. The van der Waals surface area contributed by atoms with E-state index < -0.39 is 46.1 Å². The lowest BCUT2D eigenvalue weighted by atomic mass is 9.92. The SMILES string of the molecule is CC(C)c1cccc(C(C)C)c1-n1c(=O)nc(N2CCN(C(=O)OC(C)(C)C)C[C@@H]2C)c2cc(F)c(-c3c(F)cccc3F)nc21. The number of hydrogen-bond donors (Lipinski definition) is 0. The van der Waals surface area contributed by atoms with E-state index in [0.717, 1.165) is 29.3 Å². The molecule has 1 atom stereocenters. The Kier molecular flexibility index (Phi) is 8.90. The molecule has 46 heavy (non-hydrogen) atoms. The summed E-state index contributed by atoms with van der Waals surface area (Å²) in [5, 5.41) is 0.198. The van der Waals surface area contributed by atoms with E-state index in [4.69, 9.17) is 4.74 Å². The van der Waals surface area contributed by atoms with Gasteiger partial charge in [0, 0.05) is 25.7 Å². The number of carbonyl (C=O) groups excluding carboxylic acids is 1. The number of fused-ring (bicyclic) bond motifs is 1. The molecule has 5 rings (SSSR count). The smallest absolute Gasteiger partial charge is 0.410 e. The van der Waals surface area contributed by atoms with Crippen LogP contribution in [0, 0.1) is 17.5 Å². The Hall–Kier alpha value is -4.41. The van der Waals surface area contributed by atoms with Gasteiger partial charge in [-0.2, -0.15) is 4.98 Å². The summed E-state index contributed by atoms with van der Waals surface area (Å²) < 4.78 is 52.9. The number of rotatable bonds is 5. The molecule has 1 aliphatic rings. The van der Waals surface area contributed by atoms with Crippen molar-refractivity contribution in [1.82, 2.24) is 19.4 Å². The highest BCUT2D eigenvalue weighted by molar-refractivity contribution is 5.91. The van der Waals surface area contributed by atoms with Crippen LogP contribution in [-0.2, 0) is 4.74 Å². The number of benzene rings is 2. The predicted molar refractivity (Wildman–Crippen MR) is 173 cm³/mol. The number of pyridine rings is 1. The number of piperazine rings is 1. The van der Waals surface area contributed by atoms with E-state index in [-0.39, 0.29) is 54.4 Å². The molecule has 2 aromatic heterocycles. The molecule has 4 aromatic rings. The van der Waals surface area contributed by atoms with Gasteiger partial charge >= 0.3 is 11.8 Å². The third-order valence-electron chi connectivity index (χ3n) is 8.12. The summed E-state index contributed by atoms with van der Waals surface area (Å²) in [6.07, 6.45) is -0.456. The van der Waals surface area contributed by atoms with Crippen LogP contribution >= 0.6 is 0 Å². The average Bonchev–Trinajstić information content (AvgIpc) is 2.96. The molecule has 1 amide bonds. The number of anilines is 1. The Morgan fingerprint density at radius 2 is 1.50 bits per heavy atom. The van der Waals surface area contributed by atoms with Crippen LogP contribution < -0.4 is 10.6 Å². The minimum Gasteiger partial charge on any atom is -0.444 e. The number of para-hydroxylation sites is 1. The van der Waals surface area contributed by atoms with Crippen LogP contribution in [0.1, 0.15) is 78.4 Å².